The van der Waals surface area contributed by atoms with E-state index in [9.17, 15) is 9.59 Å². The van der Waals surface area contributed by atoms with E-state index in [-0.39, 0.29) is 11.3 Å². The van der Waals surface area contributed by atoms with E-state index in [0.717, 1.165) is 4.90 Å². The van der Waals surface area contributed by atoms with Crippen molar-refractivity contribution < 1.29 is 14.7 Å². The fourth-order valence-corrected chi connectivity index (χ4v) is 1.08. The second-order valence-corrected chi connectivity index (χ2v) is 3.02. The van der Waals surface area contributed by atoms with Crippen molar-refractivity contribution in [1.29, 1.82) is 0 Å². The lowest BCUT2D eigenvalue weighted by Gasteiger charge is -2.15. The number of carboxylic acids is 1. The highest BCUT2D eigenvalue weighted by atomic mass is 16.4. The fraction of sp³-hybridized carbons (Fsp3) is 0.111. The molecule has 1 aromatic rings. The molecule has 6 nitrogen and oxygen atoms in total. The van der Waals surface area contributed by atoms with Crippen LogP contribution < -0.4 is 16.4 Å². The Kier molecular flexibility index (Phi) is 2.80. The Morgan fingerprint density at radius 2 is 1.93 bits per heavy atom. The molecule has 2 amide bonds. The highest BCUT2D eigenvalue weighted by Gasteiger charge is 2.11. The number of nitrogens with zero attached hydrogens (tertiary/aromatic N) is 1. The molecular formula is C9H11N3O3. The van der Waals surface area contributed by atoms with Gasteiger partial charge in [0.25, 0.3) is 0 Å². The van der Waals surface area contributed by atoms with Crippen molar-refractivity contribution in [3.63, 3.8) is 0 Å². The van der Waals surface area contributed by atoms with Gasteiger partial charge in [0.1, 0.15) is 0 Å². The molecule has 1 aromatic carbocycles. The Morgan fingerprint density at radius 3 is 2.40 bits per heavy atom. The summed E-state index contributed by atoms with van der Waals surface area (Å²) in [6, 6.07) is 3.42. The van der Waals surface area contributed by atoms with Crippen LogP contribution in [0.2, 0.25) is 0 Å². The molecule has 0 saturated carbocycles. The first kappa shape index (κ1) is 10.8. The third-order valence-corrected chi connectivity index (χ3v) is 1.90. The van der Waals surface area contributed by atoms with Crippen LogP contribution in [0.3, 0.4) is 0 Å². The predicted molar refractivity (Wildman–Crippen MR) is 55.8 cm³/mol. The van der Waals surface area contributed by atoms with E-state index in [1.165, 1.54) is 25.2 Å². The van der Waals surface area contributed by atoms with Crippen molar-refractivity contribution in [2.45, 2.75) is 0 Å². The third kappa shape index (κ3) is 2.37. The normalized spacial score (nSPS) is 9.67. The average molecular weight is 209 g/mol. The maximum Gasteiger partial charge on any atom is 0.335 e. The molecule has 0 unspecified atom stereocenters. The number of anilines is 2. The van der Waals surface area contributed by atoms with Crippen LogP contribution in [0.25, 0.3) is 0 Å². The number of urea groups is 1. The van der Waals surface area contributed by atoms with Gasteiger partial charge in [0.15, 0.2) is 0 Å². The summed E-state index contributed by atoms with van der Waals surface area (Å²) in [5.74, 6) is -1.11. The summed E-state index contributed by atoms with van der Waals surface area (Å²) < 4.78 is 0. The highest BCUT2D eigenvalue weighted by molar-refractivity contribution is 5.95. The number of nitrogen functional groups attached to an aromatic ring is 1. The highest BCUT2D eigenvalue weighted by Crippen LogP contribution is 2.19. The molecule has 0 aromatic heterocycles. The number of carbonyl (C=O) groups excluding carboxylic acids is 1. The summed E-state index contributed by atoms with van der Waals surface area (Å²) in [5, 5.41) is 8.76. The van der Waals surface area contributed by atoms with Gasteiger partial charge < -0.3 is 16.6 Å². The minimum absolute atomic E-state index is 0.0121. The van der Waals surface area contributed by atoms with Crippen molar-refractivity contribution in [1.82, 2.24) is 0 Å². The van der Waals surface area contributed by atoms with E-state index in [4.69, 9.17) is 16.6 Å². The smallest absolute Gasteiger partial charge is 0.335 e. The first-order valence-electron chi connectivity index (χ1n) is 4.09. The number of carbonyl (C=O) groups is 2. The molecule has 0 aliphatic carbocycles. The number of benzene rings is 1. The Hall–Kier alpha value is -2.24. The molecule has 5 N–H and O–H groups in total. The molecule has 1 rings (SSSR count). The molecule has 0 spiro atoms. The molecule has 0 saturated heterocycles. The van der Waals surface area contributed by atoms with Gasteiger partial charge in [-0.1, -0.05) is 0 Å². The zero-order valence-corrected chi connectivity index (χ0v) is 8.10. The standard InChI is InChI=1S/C9H11N3O3/c1-12(9(11)15)7-3-5(8(13)14)2-6(10)4-7/h2-4H,10H2,1H3,(H2,11,15)(H,13,14). The van der Waals surface area contributed by atoms with Crippen LogP contribution in [0.5, 0.6) is 0 Å². The third-order valence-electron chi connectivity index (χ3n) is 1.90. The van der Waals surface area contributed by atoms with Gasteiger partial charge in [0.2, 0.25) is 0 Å². The number of hydrogen-bond donors (Lipinski definition) is 3. The summed E-state index contributed by atoms with van der Waals surface area (Å²) in [7, 11) is 1.43. The van der Waals surface area contributed by atoms with Crippen LogP contribution in [-0.2, 0) is 0 Å². The molecule has 6 heteroatoms. The molecule has 80 valence electrons. The number of amides is 2. The maximum atomic E-state index is 10.9. The van der Waals surface area contributed by atoms with Gasteiger partial charge in [-0.15, -0.1) is 0 Å². The minimum Gasteiger partial charge on any atom is -0.478 e. The van der Waals surface area contributed by atoms with Gasteiger partial charge >= 0.3 is 12.0 Å². The fourth-order valence-electron chi connectivity index (χ4n) is 1.08. The van der Waals surface area contributed by atoms with Gasteiger partial charge in [0.05, 0.1) is 5.56 Å². The van der Waals surface area contributed by atoms with E-state index in [2.05, 4.69) is 0 Å². The Morgan fingerprint density at radius 1 is 1.33 bits per heavy atom. The van der Waals surface area contributed by atoms with Crippen LogP contribution >= 0.6 is 0 Å². The van der Waals surface area contributed by atoms with Crippen molar-refractivity contribution in [3.8, 4) is 0 Å². The van der Waals surface area contributed by atoms with E-state index in [0.29, 0.717) is 5.69 Å². The van der Waals surface area contributed by atoms with Gasteiger partial charge in [-0.3, -0.25) is 4.90 Å². The van der Waals surface area contributed by atoms with E-state index >= 15 is 0 Å². The Labute approximate surface area is 86.1 Å². The minimum atomic E-state index is -1.11. The first-order valence-corrected chi connectivity index (χ1v) is 4.09. The van der Waals surface area contributed by atoms with Gasteiger partial charge in [-0.2, -0.15) is 0 Å². The lowest BCUT2D eigenvalue weighted by molar-refractivity contribution is 0.0697. The summed E-state index contributed by atoms with van der Waals surface area (Å²) in [6.07, 6.45) is 0. The second-order valence-electron chi connectivity index (χ2n) is 3.02. The number of primary amides is 1. The van der Waals surface area contributed by atoms with Crippen LogP contribution in [0, 0.1) is 0 Å². The topological polar surface area (TPSA) is 110 Å². The van der Waals surface area contributed by atoms with Crippen molar-refractivity contribution in [3.05, 3.63) is 23.8 Å². The SMILES string of the molecule is CN(C(N)=O)c1cc(N)cc(C(=O)O)c1. The lowest BCUT2D eigenvalue weighted by atomic mass is 10.1. The summed E-state index contributed by atoms with van der Waals surface area (Å²) in [4.78, 5) is 22.7. The number of rotatable bonds is 2. The van der Waals surface area contributed by atoms with Gasteiger partial charge in [-0.25, -0.2) is 9.59 Å². The van der Waals surface area contributed by atoms with Crippen LogP contribution in [0.15, 0.2) is 18.2 Å². The zero-order chi connectivity index (χ0) is 11.6. The molecule has 0 aliphatic rings. The largest absolute Gasteiger partial charge is 0.478 e. The number of aromatic carboxylic acids is 1. The molecule has 15 heavy (non-hydrogen) atoms. The van der Waals surface area contributed by atoms with Crippen molar-refractivity contribution in [2.24, 2.45) is 5.73 Å². The zero-order valence-electron chi connectivity index (χ0n) is 8.10. The average Bonchev–Trinajstić information content (AvgIpc) is 2.15. The van der Waals surface area contributed by atoms with Crippen molar-refractivity contribution >= 4 is 23.4 Å². The monoisotopic (exact) mass is 209 g/mol. The Balaban J connectivity index is 3.20. The summed E-state index contributed by atoms with van der Waals surface area (Å²) >= 11 is 0. The molecule has 0 fully saturated rings. The van der Waals surface area contributed by atoms with Crippen LogP contribution in [-0.4, -0.2) is 24.2 Å². The second kappa shape index (κ2) is 3.87. The molecular weight excluding hydrogens is 198 g/mol. The summed E-state index contributed by atoms with van der Waals surface area (Å²) in [6.45, 7) is 0. The lowest BCUT2D eigenvalue weighted by Crippen LogP contribution is -2.31. The number of carboxylic acid groups (broad SMARTS) is 1. The number of nitrogens with two attached hydrogens (primary N) is 2. The quantitative estimate of drug-likeness (QED) is 0.615. The number of hydrogen-bond acceptors (Lipinski definition) is 3. The van der Waals surface area contributed by atoms with E-state index < -0.39 is 12.0 Å². The first-order chi connectivity index (χ1) is 6.91. The van der Waals surface area contributed by atoms with Crippen molar-refractivity contribution in [2.75, 3.05) is 17.7 Å². The molecule has 0 atom stereocenters. The van der Waals surface area contributed by atoms with Crippen LogP contribution in [0.1, 0.15) is 10.4 Å². The predicted octanol–water partition coefficient (Wildman–Crippen LogP) is 0.482. The van der Waals surface area contributed by atoms with Gasteiger partial charge in [0, 0.05) is 18.4 Å². The summed E-state index contributed by atoms with van der Waals surface area (Å²) in [5.41, 5.74) is 11.2. The Bertz CT molecular complexity index is 417. The van der Waals surface area contributed by atoms with Crippen LogP contribution in [0.4, 0.5) is 16.2 Å². The molecule has 0 radical (unpaired) electrons. The molecule has 0 bridgehead atoms. The maximum absolute atomic E-state index is 10.9. The molecule has 0 aliphatic heterocycles. The van der Waals surface area contributed by atoms with Gasteiger partial charge in [-0.05, 0) is 18.2 Å². The van der Waals surface area contributed by atoms with E-state index in [1.54, 1.807) is 0 Å². The van der Waals surface area contributed by atoms with E-state index in [1.807, 2.05) is 0 Å². The molecule has 0 heterocycles.